The molecule has 1 aromatic heterocycles. The van der Waals surface area contributed by atoms with Gasteiger partial charge in [0.1, 0.15) is 11.6 Å². The number of aryl methyl sites for hydroxylation is 1. The van der Waals surface area contributed by atoms with Crippen LogP contribution in [0.15, 0.2) is 48.5 Å². The van der Waals surface area contributed by atoms with Crippen molar-refractivity contribution in [3.8, 4) is 11.4 Å². The van der Waals surface area contributed by atoms with Gasteiger partial charge in [0.05, 0.1) is 11.4 Å². The maximum Gasteiger partial charge on any atom is 0.137 e. The number of nitrogens with one attached hydrogen (secondary N) is 1. The van der Waals surface area contributed by atoms with E-state index in [1.165, 1.54) is 0 Å². The van der Waals surface area contributed by atoms with Gasteiger partial charge >= 0.3 is 0 Å². The minimum Gasteiger partial charge on any atom is -0.341 e. The monoisotopic (exact) mass is 321 g/mol. The van der Waals surface area contributed by atoms with Crippen molar-refractivity contribution in [1.82, 2.24) is 14.9 Å². The Morgan fingerprint density at radius 2 is 1.96 bits per heavy atom. The van der Waals surface area contributed by atoms with Gasteiger partial charge < -0.3 is 4.98 Å². The topological polar surface area (TPSA) is 31.9 Å². The maximum absolute atomic E-state index is 14.2. The van der Waals surface area contributed by atoms with E-state index < -0.39 is 0 Å². The van der Waals surface area contributed by atoms with Crippen molar-refractivity contribution in [2.75, 3.05) is 6.54 Å². The van der Waals surface area contributed by atoms with Crippen LogP contribution in [0.25, 0.3) is 11.4 Å². The number of halogens is 1. The lowest BCUT2D eigenvalue weighted by Gasteiger charge is -2.26. The Hall–Kier alpha value is -2.46. The van der Waals surface area contributed by atoms with Crippen molar-refractivity contribution < 1.29 is 4.39 Å². The molecule has 0 aliphatic carbocycles. The Labute approximate surface area is 141 Å². The van der Waals surface area contributed by atoms with Gasteiger partial charge in [0.2, 0.25) is 0 Å². The molecule has 0 bridgehead atoms. The largest absolute Gasteiger partial charge is 0.341 e. The summed E-state index contributed by atoms with van der Waals surface area (Å²) in [5, 5.41) is 0. The fourth-order valence-corrected chi connectivity index (χ4v) is 3.29. The summed E-state index contributed by atoms with van der Waals surface area (Å²) in [6, 6.07) is 15.8. The first-order valence-corrected chi connectivity index (χ1v) is 8.30. The fourth-order valence-electron chi connectivity index (χ4n) is 3.29. The van der Waals surface area contributed by atoms with Crippen molar-refractivity contribution in [2.24, 2.45) is 0 Å². The van der Waals surface area contributed by atoms with E-state index in [-0.39, 0.29) is 5.82 Å². The molecule has 0 amide bonds. The molecule has 0 spiro atoms. The van der Waals surface area contributed by atoms with Crippen LogP contribution in [0.4, 0.5) is 4.39 Å². The summed E-state index contributed by atoms with van der Waals surface area (Å²) in [6.07, 6.45) is 0.895. The predicted molar refractivity (Wildman–Crippen MR) is 93.0 cm³/mol. The first kappa shape index (κ1) is 15.1. The molecule has 122 valence electrons. The number of hydrogen-bond donors (Lipinski definition) is 1. The molecule has 3 aromatic rings. The number of nitrogens with zero attached hydrogens (tertiary/aromatic N) is 2. The van der Waals surface area contributed by atoms with E-state index in [2.05, 4.69) is 22.0 Å². The van der Waals surface area contributed by atoms with Crippen LogP contribution >= 0.6 is 0 Å². The van der Waals surface area contributed by atoms with Gasteiger partial charge in [-0.3, -0.25) is 4.90 Å². The van der Waals surface area contributed by atoms with Crippen LogP contribution in [-0.4, -0.2) is 21.4 Å². The van der Waals surface area contributed by atoms with Gasteiger partial charge in [0.25, 0.3) is 0 Å². The quantitative estimate of drug-likeness (QED) is 0.788. The number of rotatable bonds is 3. The average Bonchev–Trinajstić information content (AvgIpc) is 3.03. The molecule has 1 aliphatic heterocycles. The lowest BCUT2D eigenvalue weighted by atomic mass is 10.1. The van der Waals surface area contributed by atoms with Gasteiger partial charge in [0.15, 0.2) is 0 Å². The zero-order chi connectivity index (χ0) is 16.5. The zero-order valence-corrected chi connectivity index (χ0v) is 13.7. The number of imidazole rings is 1. The van der Waals surface area contributed by atoms with E-state index in [0.29, 0.717) is 12.1 Å². The third-order valence-corrected chi connectivity index (χ3v) is 4.62. The van der Waals surface area contributed by atoms with E-state index in [1.807, 2.05) is 43.3 Å². The molecule has 24 heavy (non-hydrogen) atoms. The summed E-state index contributed by atoms with van der Waals surface area (Å²) < 4.78 is 14.2. The molecule has 0 fully saturated rings. The Morgan fingerprint density at radius 1 is 1.12 bits per heavy atom. The zero-order valence-electron chi connectivity index (χ0n) is 13.7. The van der Waals surface area contributed by atoms with Gasteiger partial charge in [-0.15, -0.1) is 0 Å². The normalized spacial score (nSPS) is 14.6. The fraction of sp³-hybridized carbons (Fsp3) is 0.250. The smallest absolute Gasteiger partial charge is 0.137 e. The number of hydrogen-bond acceptors (Lipinski definition) is 2. The van der Waals surface area contributed by atoms with E-state index in [0.717, 1.165) is 47.8 Å². The van der Waals surface area contributed by atoms with Crippen LogP contribution in [0.3, 0.4) is 0 Å². The van der Waals surface area contributed by atoms with E-state index in [9.17, 15) is 4.39 Å². The third-order valence-electron chi connectivity index (χ3n) is 4.62. The summed E-state index contributed by atoms with van der Waals surface area (Å²) in [6.45, 7) is 4.13. The van der Waals surface area contributed by atoms with Gasteiger partial charge in [-0.2, -0.15) is 0 Å². The average molecular weight is 321 g/mol. The van der Waals surface area contributed by atoms with Crippen molar-refractivity contribution in [3.63, 3.8) is 0 Å². The lowest BCUT2D eigenvalue weighted by molar-refractivity contribution is 0.238. The molecule has 2 aromatic carbocycles. The Bertz CT molecular complexity index is 855. The highest BCUT2D eigenvalue weighted by Gasteiger charge is 2.21. The second-order valence-corrected chi connectivity index (χ2v) is 6.39. The van der Waals surface area contributed by atoms with Crippen molar-refractivity contribution >= 4 is 0 Å². The number of H-pyrrole nitrogens is 1. The van der Waals surface area contributed by atoms with Crippen molar-refractivity contribution in [1.29, 1.82) is 0 Å². The Balaban J connectivity index is 1.54. The van der Waals surface area contributed by atoms with Crippen LogP contribution in [0.5, 0.6) is 0 Å². The first-order chi connectivity index (χ1) is 11.7. The molecule has 4 rings (SSSR count). The van der Waals surface area contributed by atoms with Crippen LogP contribution in [0.2, 0.25) is 0 Å². The second kappa shape index (κ2) is 6.21. The predicted octanol–water partition coefficient (Wildman–Crippen LogP) is 4.08. The number of aromatic nitrogens is 2. The molecule has 1 aliphatic rings. The highest BCUT2D eigenvalue weighted by molar-refractivity contribution is 5.55. The minimum absolute atomic E-state index is 0.0853. The molecule has 0 saturated carbocycles. The van der Waals surface area contributed by atoms with E-state index in [1.54, 1.807) is 0 Å². The van der Waals surface area contributed by atoms with Crippen LogP contribution in [-0.2, 0) is 19.5 Å². The minimum atomic E-state index is -0.0853. The molecule has 1 N–H and O–H groups in total. The van der Waals surface area contributed by atoms with Crippen LogP contribution < -0.4 is 0 Å². The summed E-state index contributed by atoms with van der Waals surface area (Å²) in [4.78, 5) is 10.5. The van der Waals surface area contributed by atoms with Gasteiger partial charge in [-0.1, -0.05) is 48.5 Å². The molecular formula is C20H20FN3. The molecule has 0 radical (unpaired) electrons. The standard InChI is InChI=1S/C20H20FN3/c1-14-6-5-9-16(19(14)21)12-24-11-10-17-18(13-24)23-20(22-17)15-7-3-2-4-8-15/h2-9H,10-13H2,1H3,(H,22,23). The molecule has 2 heterocycles. The van der Waals surface area contributed by atoms with Crippen LogP contribution in [0.1, 0.15) is 22.5 Å². The molecular weight excluding hydrogens is 301 g/mol. The molecule has 0 saturated heterocycles. The highest BCUT2D eigenvalue weighted by atomic mass is 19.1. The Morgan fingerprint density at radius 3 is 2.79 bits per heavy atom. The summed E-state index contributed by atoms with van der Waals surface area (Å²) in [5.74, 6) is 0.835. The lowest BCUT2D eigenvalue weighted by Crippen LogP contribution is -2.30. The number of aromatic amines is 1. The number of benzene rings is 2. The SMILES string of the molecule is Cc1cccc(CN2CCc3nc(-c4ccccc4)[nH]c3C2)c1F. The molecule has 0 unspecified atom stereocenters. The van der Waals surface area contributed by atoms with Crippen LogP contribution in [0, 0.1) is 12.7 Å². The van der Waals surface area contributed by atoms with Crippen molar-refractivity contribution in [2.45, 2.75) is 26.4 Å². The molecule has 4 heteroatoms. The maximum atomic E-state index is 14.2. The van der Waals surface area contributed by atoms with E-state index in [4.69, 9.17) is 4.98 Å². The summed E-state index contributed by atoms with van der Waals surface area (Å²) in [5.41, 5.74) is 4.85. The van der Waals surface area contributed by atoms with Gasteiger partial charge in [0, 0.05) is 37.2 Å². The number of fused-ring (bicyclic) bond motifs is 1. The molecule has 3 nitrogen and oxygen atoms in total. The Kier molecular flexibility index (Phi) is 3.90. The molecule has 0 atom stereocenters. The second-order valence-electron chi connectivity index (χ2n) is 6.39. The third kappa shape index (κ3) is 2.85. The van der Waals surface area contributed by atoms with Gasteiger partial charge in [-0.25, -0.2) is 9.37 Å². The summed E-state index contributed by atoms with van der Waals surface area (Å²) in [7, 11) is 0. The van der Waals surface area contributed by atoms with E-state index >= 15 is 0 Å². The van der Waals surface area contributed by atoms with Gasteiger partial charge in [-0.05, 0) is 12.5 Å². The van der Waals surface area contributed by atoms with Crippen molar-refractivity contribution in [3.05, 3.63) is 76.9 Å². The highest BCUT2D eigenvalue weighted by Crippen LogP contribution is 2.24. The first-order valence-electron chi connectivity index (χ1n) is 8.30. The summed E-state index contributed by atoms with van der Waals surface area (Å²) >= 11 is 0.